The van der Waals surface area contributed by atoms with Crippen molar-refractivity contribution < 1.29 is 4.74 Å². The van der Waals surface area contributed by atoms with Gasteiger partial charge in [0.05, 0.1) is 18.8 Å². The summed E-state index contributed by atoms with van der Waals surface area (Å²) >= 11 is 0. The summed E-state index contributed by atoms with van der Waals surface area (Å²) in [5.74, 6) is 0. The number of fused-ring (bicyclic) bond motifs is 1. The largest absolute Gasteiger partial charge is 0.376 e. The van der Waals surface area contributed by atoms with Gasteiger partial charge in [0.1, 0.15) is 0 Å². The van der Waals surface area contributed by atoms with Crippen molar-refractivity contribution in [3.05, 3.63) is 48.0 Å². The first-order chi connectivity index (χ1) is 9.38. The Bertz CT molecular complexity index is 542. The van der Waals surface area contributed by atoms with Gasteiger partial charge in [-0.15, -0.1) is 0 Å². The number of rotatable bonds is 5. The van der Waals surface area contributed by atoms with Crippen LogP contribution in [0.1, 0.15) is 30.9 Å². The molecule has 1 aliphatic rings. The Morgan fingerprint density at radius 3 is 2.68 bits per heavy atom. The van der Waals surface area contributed by atoms with E-state index in [9.17, 15) is 0 Å². The summed E-state index contributed by atoms with van der Waals surface area (Å²) in [6, 6.07) is 15.3. The molecule has 0 saturated heterocycles. The molecule has 1 atom stereocenters. The first kappa shape index (κ1) is 12.6. The lowest BCUT2D eigenvalue weighted by Crippen LogP contribution is -2.28. The summed E-state index contributed by atoms with van der Waals surface area (Å²) in [7, 11) is 2.01. The van der Waals surface area contributed by atoms with Gasteiger partial charge >= 0.3 is 0 Å². The van der Waals surface area contributed by atoms with Gasteiger partial charge in [0.15, 0.2) is 0 Å². The van der Waals surface area contributed by atoms with Crippen molar-refractivity contribution >= 4 is 10.8 Å². The molecule has 19 heavy (non-hydrogen) atoms. The molecule has 0 amide bonds. The molecular formula is C17H21NO. The first-order valence-corrected chi connectivity index (χ1v) is 7.15. The number of hydrogen-bond donors (Lipinski definition) is 1. The molecule has 0 aliphatic heterocycles. The van der Waals surface area contributed by atoms with Crippen LogP contribution in [0.25, 0.3) is 10.8 Å². The summed E-state index contributed by atoms with van der Waals surface area (Å²) in [6.07, 6.45) is 4.27. The van der Waals surface area contributed by atoms with Crippen LogP contribution in [0, 0.1) is 0 Å². The number of ether oxygens (including phenoxy) is 1. The topological polar surface area (TPSA) is 21.3 Å². The highest BCUT2D eigenvalue weighted by atomic mass is 16.5. The molecule has 0 bridgehead atoms. The molecule has 2 aromatic carbocycles. The Balaban J connectivity index is 1.83. The SMILES string of the molecule is CNC(COC1CCC1)c1cccc2ccccc12. The third-order valence-corrected chi connectivity index (χ3v) is 4.10. The van der Waals surface area contributed by atoms with Gasteiger partial charge in [-0.25, -0.2) is 0 Å². The average Bonchev–Trinajstić information content (AvgIpc) is 2.41. The molecule has 1 aliphatic carbocycles. The second-order valence-electron chi connectivity index (χ2n) is 5.30. The van der Waals surface area contributed by atoms with Gasteiger partial charge in [-0.1, -0.05) is 42.5 Å². The van der Waals surface area contributed by atoms with Crippen LogP contribution >= 0.6 is 0 Å². The standard InChI is InChI=1S/C17H21NO/c1-18-17(12-19-14-8-5-9-14)16-11-4-7-13-6-2-3-10-15(13)16/h2-4,6-7,10-11,14,17-18H,5,8-9,12H2,1H3. The second-order valence-corrected chi connectivity index (χ2v) is 5.30. The molecule has 3 rings (SSSR count). The fraction of sp³-hybridized carbons (Fsp3) is 0.412. The monoisotopic (exact) mass is 255 g/mol. The van der Waals surface area contributed by atoms with E-state index in [0.717, 1.165) is 6.61 Å². The molecule has 1 fully saturated rings. The van der Waals surface area contributed by atoms with Crippen molar-refractivity contribution in [2.45, 2.75) is 31.4 Å². The Morgan fingerprint density at radius 2 is 1.95 bits per heavy atom. The van der Waals surface area contributed by atoms with Gasteiger partial charge in [-0.3, -0.25) is 0 Å². The summed E-state index contributed by atoms with van der Waals surface area (Å²) in [5.41, 5.74) is 1.33. The third kappa shape index (κ3) is 2.65. The highest BCUT2D eigenvalue weighted by Crippen LogP contribution is 2.27. The quantitative estimate of drug-likeness (QED) is 0.880. The van der Waals surface area contributed by atoms with Crippen LogP contribution in [-0.4, -0.2) is 19.8 Å². The Morgan fingerprint density at radius 1 is 1.16 bits per heavy atom. The molecule has 0 heterocycles. The lowest BCUT2D eigenvalue weighted by atomic mass is 9.95. The molecule has 2 nitrogen and oxygen atoms in total. The molecule has 0 spiro atoms. The predicted molar refractivity (Wildman–Crippen MR) is 79.3 cm³/mol. The van der Waals surface area contributed by atoms with E-state index >= 15 is 0 Å². The summed E-state index contributed by atoms with van der Waals surface area (Å²) in [6.45, 7) is 0.759. The molecule has 1 N–H and O–H groups in total. The van der Waals surface area contributed by atoms with Gasteiger partial charge in [0.25, 0.3) is 0 Å². The summed E-state index contributed by atoms with van der Waals surface area (Å²) in [5, 5.41) is 6.01. The lowest BCUT2D eigenvalue weighted by Gasteiger charge is -2.28. The molecule has 2 aromatic rings. The van der Waals surface area contributed by atoms with Crippen LogP contribution in [0.4, 0.5) is 0 Å². The molecule has 0 radical (unpaired) electrons. The number of benzene rings is 2. The maximum atomic E-state index is 5.97. The van der Waals surface area contributed by atoms with Crippen molar-refractivity contribution in [2.24, 2.45) is 0 Å². The van der Waals surface area contributed by atoms with Crippen molar-refractivity contribution in [3.63, 3.8) is 0 Å². The van der Waals surface area contributed by atoms with Crippen molar-refractivity contribution in [1.29, 1.82) is 0 Å². The first-order valence-electron chi connectivity index (χ1n) is 7.15. The summed E-state index contributed by atoms with van der Waals surface area (Å²) < 4.78 is 5.97. The van der Waals surface area contributed by atoms with Crippen molar-refractivity contribution in [1.82, 2.24) is 5.32 Å². The van der Waals surface area contributed by atoms with Crippen LogP contribution in [0.3, 0.4) is 0 Å². The number of likely N-dealkylation sites (N-methyl/N-ethyl adjacent to an activating group) is 1. The van der Waals surface area contributed by atoms with Crippen molar-refractivity contribution in [2.75, 3.05) is 13.7 Å². The van der Waals surface area contributed by atoms with E-state index in [4.69, 9.17) is 4.74 Å². The third-order valence-electron chi connectivity index (χ3n) is 4.10. The van der Waals surface area contributed by atoms with Crippen LogP contribution in [0.15, 0.2) is 42.5 Å². The fourth-order valence-electron chi connectivity index (χ4n) is 2.65. The Kier molecular flexibility index (Phi) is 3.81. The minimum atomic E-state index is 0.270. The molecular weight excluding hydrogens is 234 g/mol. The smallest absolute Gasteiger partial charge is 0.0665 e. The lowest BCUT2D eigenvalue weighted by molar-refractivity contribution is -0.00778. The van der Waals surface area contributed by atoms with Gasteiger partial charge in [0.2, 0.25) is 0 Å². The van der Waals surface area contributed by atoms with E-state index in [1.807, 2.05) is 7.05 Å². The van der Waals surface area contributed by atoms with E-state index in [0.29, 0.717) is 6.10 Å². The van der Waals surface area contributed by atoms with Gasteiger partial charge in [0, 0.05) is 0 Å². The van der Waals surface area contributed by atoms with Gasteiger partial charge in [-0.05, 0) is 42.6 Å². The minimum Gasteiger partial charge on any atom is -0.376 e. The van der Waals surface area contributed by atoms with E-state index in [1.54, 1.807) is 0 Å². The molecule has 1 saturated carbocycles. The summed E-state index contributed by atoms with van der Waals surface area (Å²) in [4.78, 5) is 0. The van der Waals surface area contributed by atoms with E-state index in [2.05, 4.69) is 47.8 Å². The molecule has 0 aromatic heterocycles. The maximum Gasteiger partial charge on any atom is 0.0665 e. The van der Waals surface area contributed by atoms with Gasteiger partial charge < -0.3 is 10.1 Å². The molecule has 2 heteroatoms. The normalized spacial score (nSPS) is 17.3. The zero-order valence-electron chi connectivity index (χ0n) is 11.4. The van der Waals surface area contributed by atoms with Crippen LogP contribution in [-0.2, 0) is 4.74 Å². The maximum absolute atomic E-state index is 5.97. The highest BCUT2D eigenvalue weighted by Gasteiger charge is 2.20. The van der Waals surface area contributed by atoms with Crippen LogP contribution in [0.2, 0.25) is 0 Å². The average molecular weight is 255 g/mol. The minimum absolute atomic E-state index is 0.270. The second kappa shape index (κ2) is 5.72. The van der Waals surface area contributed by atoms with Crippen LogP contribution in [0.5, 0.6) is 0 Å². The Labute approximate surface area is 114 Å². The Hall–Kier alpha value is -1.38. The van der Waals surface area contributed by atoms with Crippen LogP contribution < -0.4 is 5.32 Å². The zero-order chi connectivity index (χ0) is 13.1. The number of hydrogen-bond acceptors (Lipinski definition) is 2. The van der Waals surface area contributed by atoms with E-state index in [-0.39, 0.29) is 6.04 Å². The van der Waals surface area contributed by atoms with E-state index < -0.39 is 0 Å². The zero-order valence-corrected chi connectivity index (χ0v) is 11.4. The van der Waals surface area contributed by atoms with Gasteiger partial charge in [-0.2, -0.15) is 0 Å². The predicted octanol–water partition coefficient (Wildman–Crippen LogP) is 3.67. The number of nitrogens with one attached hydrogen (secondary N) is 1. The molecule has 100 valence electrons. The highest BCUT2D eigenvalue weighted by molar-refractivity contribution is 5.86. The fourth-order valence-corrected chi connectivity index (χ4v) is 2.65. The van der Waals surface area contributed by atoms with E-state index in [1.165, 1.54) is 35.6 Å². The molecule has 1 unspecified atom stereocenters. The van der Waals surface area contributed by atoms with Crippen molar-refractivity contribution in [3.8, 4) is 0 Å².